The third-order valence-electron chi connectivity index (χ3n) is 4.79. The summed E-state index contributed by atoms with van der Waals surface area (Å²) < 4.78 is 26.2. The number of ether oxygens (including phenoxy) is 2. The molecular weight excluding hydrogens is 442 g/mol. The Morgan fingerprint density at radius 1 is 1.10 bits per heavy atom. The van der Waals surface area contributed by atoms with Crippen LogP contribution in [0.3, 0.4) is 0 Å². The van der Waals surface area contributed by atoms with E-state index in [1.807, 2.05) is 19.9 Å². The topological polar surface area (TPSA) is 68.3 Å². The van der Waals surface area contributed by atoms with Crippen LogP contribution in [0.4, 0.5) is 15.9 Å². The van der Waals surface area contributed by atoms with E-state index < -0.39 is 5.82 Å². The Bertz CT molecular complexity index is 1050. The Balaban J connectivity index is 0.00000132. The maximum absolute atomic E-state index is 14.5. The Labute approximate surface area is 191 Å². The highest BCUT2D eigenvalue weighted by Gasteiger charge is 2.19. The summed E-state index contributed by atoms with van der Waals surface area (Å²) in [7, 11) is 1.59. The first-order chi connectivity index (χ1) is 15.1. The van der Waals surface area contributed by atoms with E-state index in [0.29, 0.717) is 28.2 Å². The minimum Gasteiger partial charge on any atom is -0.493 e. The van der Waals surface area contributed by atoms with Crippen molar-refractivity contribution in [1.29, 1.82) is 0 Å². The van der Waals surface area contributed by atoms with Crippen LogP contribution in [0.5, 0.6) is 11.5 Å². The van der Waals surface area contributed by atoms with Gasteiger partial charge in [-0.3, -0.25) is 0 Å². The summed E-state index contributed by atoms with van der Waals surface area (Å²) in [5.74, 6) is 0.955. The van der Waals surface area contributed by atoms with Crippen LogP contribution >= 0.6 is 23.2 Å². The standard InChI is InChI=1S/C20H19Cl2FN4O2.C2H6/c1-28-16-9-15-12(8-17(16)29-11-4-6-24-7-5-11)20(26-10-25-15)27-14-3-2-13(21)18(22)19(14)23;1-2/h2-3,8-11,24H,4-7H2,1H3,(H,25,26,27);1-2H3. The van der Waals surface area contributed by atoms with Crippen LogP contribution in [-0.4, -0.2) is 36.3 Å². The molecule has 2 heterocycles. The second-order valence-corrected chi connectivity index (χ2v) is 7.44. The molecule has 1 aliphatic heterocycles. The molecule has 2 aromatic carbocycles. The molecule has 0 unspecified atom stereocenters. The second kappa shape index (κ2) is 10.8. The van der Waals surface area contributed by atoms with Crippen LogP contribution in [0.1, 0.15) is 26.7 Å². The number of hydrogen-bond acceptors (Lipinski definition) is 6. The Kier molecular flexibility index (Phi) is 8.12. The van der Waals surface area contributed by atoms with E-state index in [2.05, 4.69) is 20.6 Å². The molecule has 0 saturated carbocycles. The van der Waals surface area contributed by atoms with Crippen LogP contribution < -0.4 is 20.1 Å². The molecule has 1 saturated heterocycles. The molecule has 31 heavy (non-hydrogen) atoms. The van der Waals surface area contributed by atoms with Gasteiger partial charge in [0, 0.05) is 11.5 Å². The predicted octanol–water partition coefficient (Wildman–Crippen LogP) is 5.98. The fourth-order valence-electron chi connectivity index (χ4n) is 3.26. The molecule has 1 fully saturated rings. The second-order valence-electron chi connectivity index (χ2n) is 6.66. The smallest absolute Gasteiger partial charge is 0.166 e. The first-order valence-electron chi connectivity index (χ1n) is 10.2. The molecule has 166 valence electrons. The lowest BCUT2D eigenvalue weighted by Gasteiger charge is -2.25. The molecule has 4 rings (SSSR count). The highest BCUT2D eigenvalue weighted by Crippen LogP contribution is 2.37. The van der Waals surface area contributed by atoms with Gasteiger partial charge in [-0.25, -0.2) is 14.4 Å². The normalized spacial score (nSPS) is 14.0. The number of halogens is 3. The van der Waals surface area contributed by atoms with E-state index >= 15 is 0 Å². The zero-order valence-corrected chi connectivity index (χ0v) is 19.1. The molecule has 6 nitrogen and oxygen atoms in total. The summed E-state index contributed by atoms with van der Waals surface area (Å²) in [5.41, 5.74) is 0.800. The lowest BCUT2D eigenvalue weighted by molar-refractivity contribution is 0.157. The fourth-order valence-corrected chi connectivity index (χ4v) is 3.57. The molecule has 2 N–H and O–H groups in total. The van der Waals surface area contributed by atoms with Gasteiger partial charge in [-0.15, -0.1) is 0 Å². The number of anilines is 2. The van der Waals surface area contributed by atoms with Gasteiger partial charge < -0.3 is 20.1 Å². The van der Waals surface area contributed by atoms with Crippen LogP contribution in [0.25, 0.3) is 10.9 Å². The van der Waals surface area contributed by atoms with Crippen LogP contribution in [0, 0.1) is 5.82 Å². The minimum atomic E-state index is -0.648. The fraction of sp³-hybridized carbons (Fsp3) is 0.364. The monoisotopic (exact) mass is 466 g/mol. The highest BCUT2D eigenvalue weighted by molar-refractivity contribution is 6.42. The van der Waals surface area contributed by atoms with Gasteiger partial charge in [0.15, 0.2) is 17.3 Å². The van der Waals surface area contributed by atoms with Gasteiger partial charge in [0.25, 0.3) is 0 Å². The SMILES string of the molecule is CC.COc1cc2ncnc(Nc3ccc(Cl)c(Cl)c3F)c2cc1OC1CCNCC1. The number of methoxy groups -OCH3 is 1. The van der Waals surface area contributed by atoms with E-state index in [0.717, 1.165) is 25.9 Å². The van der Waals surface area contributed by atoms with E-state index in [1.165, 1.54) is 18.5 Å². The highest BCUT2D eigenvalue weighted by atomic mass is 35.5. The van der Waals surface area contributed by atoms with Crippen LogP contribution in [0.15, 0.2) is 30.6 Å². The number of fused-ring (bicyclic) bond motifs is 1. The van der Waals surface area contributed by atoms with Crippen LogP contribution in [-0.2, 0) is 0 Å². The Hall–Kier alpha value is -2.35. The number of aromatic nitrogens is 2. The van der Waals surface area contributed by atoms with Gasteiger partial charge >= 0.3 is 0 Å². The maximum Gasteiger partial charge on any atom is 0.166 e. The van der Waals surface area contributed by atoms with Gasteiger partial charge in [0.05, 0.1) is 28.4 Å². The van der Waals surface area contributed by atoms with E-state index in [9.17, 15) is 4.39 Å². The third-order valence-corrected chi connectivity index (χ3v) is 5.57. The summed E-state index contributed by atoms with van der Waals surface area (Å²) in [6, 6.07) is 6.62. The molecule has 9 heteroatoms. The number of piperidine rings is 1. The van der Waals surface area contributed by atoms with Crippen molar-refractivity contribution in [3.05, 3.63) is 46.5 Å². The molecule has 0 aliphatic carbocycles. The van der Waals surface area contributed by atoms with Gasteiger partial charge in [-0.2, -0.15) is 0 Å². The van der Waals surface area contributed by atoms with Crippen molar-refractivity contribution in [2.24, 2.45) is 0 Å². The zero-order valence-electron chi connectivity index (χ0n) is 17.6. The molecule has 0 radical (unpaired) electrons. The van der Waals surface area contributed by atoms with Gasteiger partial charge in [0.2, 0.25) is 0 Å². The summed E-state index contributed by atoms with van der Waals surface area (Å²) >= 11 is 11.8. The van der Waals surface area contributed by atoms with Crippen molar-refractivity contribution in [2.45, 2.75) is 32.8 Å². The molecule has 1 aliphatic rings. The lowest BCUT2D eigenvalue weighted by Crippen LogP contribution is -2.34. The van der Waals surface area contributed by atoms with Gasteiger partial charge in [0.1, 0.15) is 18.2 Å². The molecule has 0 amide bonds. The number of rotatable bonds is 5. The van der Waals surface area contributed by atoms with Crippen molar-refractivity contribution in [1.82, 2.24) is 15.3 Å². The van der Waals surface area contributed by atoms with Crippen molar-refractivity contribution >= 4 is 45.6 Å². The summed E-state index contributed by atoms with van der Waals surface area (Å²) in [5, 5.41) is 6.95. The first kappa shape index (κ1) is 23.3. The zero-order chi connectivity index (χ0) is 22.4. The van der Waals surface area contributed by atoms with Crippen LogP contribution in [0.2, 0.25) is 10.0 Å². The summed E-state index contributed by atoms with van der Waals surface area (Å²) in [6.07, 6.45) is 3.31. The van der Waals surface area contributed by atoms with Crippen molar-refractivity contribution < 1.29 is 13.9 Å². The average Bonchev–Trinajstić information content (AvgIpc) is 2.81. The number of benzene rings is 2. The molecular formula is C22H25Cl2FN4O2. The quantitative estimate of drug-likeness (QED) is 0.450. The summed E-state index contributed by atoms with van der Waals surface area (Å²) in [6.45, 7) is 5.82. The molecule has 0 atom stereocenters. The Morgan fingerprint density at radius 3 is 2.55 bits per heavy atom. The molecule has 0 spiro atoms. The lowest BCUT2D eigenvalue weighted by atomic mass is 10.1. The third kappa shape index (κ3) is 5.29. The number of nitrogens with zero attached hydrogens (tertiary/aromatic N) is 2. The largest absolute Gasteiger partial charge is 0.493 e. The van der Waals surface area contributed by atoms with Gasteiger partial charge in [-0.1, -0.05) is 37.0 Å². The van der Waals surface area contributed by atoms with Crippen molar-refractivity contribution in [2.75, 3.05) is 25.5 Å². The molecule has 3 aromatic rings. The molecule has 1 aromatic heterocycles. The van der Waals surface area contributed by atoms with E-state index in [-0.39, 0.29) is 21.8 Å². The predicted molar refractivity (Wildman–Crippen MR) is 124 cm³/mol. The van der Waals surface area contributed by atoms with Crippen molar-refractivity contribution in [3.63, 3.8) is 0 Å². The Morgan fingerprint density at radius 2 is 1.84 bits per heavy atom. The van der Waals surface area contributed by atoms with E-state index in [1.54, 1.807) is 13.2 Å². The number of hydrogen-bond donors (Lipinski definition) is 2. The first-order valence-corrected chi connectivity index (χ1v) is 10.9. The minimum absolute atomic E-state index is 0.0937. The number of nitrogens with one attached hydrogen (secondary N) is 2. The van der Waals surface area contributed by atoms with Gasteiger partial charge in [-0.05, 0) is 44.1 Å². The maximum atomic E-state index is 14.5. The van der Waals surface area contributed by atoms with Crippen molar-refractivity contribution in [3.8, 4) is 11.5 Å². The van der Waals surface area contributed by atoms with E-state index in [4.69, 9.17) is 32.7 Å². The molecule has 0 bridgehead atoms. The summed E-state index contributed by atoms with van der Waals surface area (Å²) in [4.78, 5) is 8.56. The average molecular weight is 467 g/mol.